The molecule has 1 rings (SSSR count). The Morgan fingerprint density at radius 1 is 1.31 bits per heavy atom. The first-order valence-corrected chi connectivity index (χ1v) is 5.89. The van der Waals surface area contributed by atoms with Crippen LogP contribution in [0.4, 0.5) is 0 Å². The molecule has 0 aromatic carbocycles. The quantitative estimate of drug-likeness (QED) is 0.686. The maximum Gasteiger partial charge on any atom is 0.236 e. The van der Waals surface area contributed by atoms with Crippen LogP contribution in [0.2, 0.25) is 0 Å². The molecule has 1 atom stereocenters. The number of amides is 2. The molecule has 3 N–H and O–H groups in total. The second-order valence-corrected chi connectivity index (χ2v) is 4.39. The average molecular weight is 227 g/mol. The maximum atomic E-state index is 11.7. The van der Waals surface area contributed by atoms with Crippen molar-refractivity contribution in [3.63, 3.8) is 0 Å². The van der Waals surface area contributed by atoms with Gasteiger partial charge in [0.05, 0.1) is 6.54 Å². The Kier molecular flexibility index (Phi) is 5.25. The molecule has 2 amide bonds. The van der Waals surface area contributed by atoms with Crippen molar-refractivity contribution >= 4 is 11.8 Å². The van der Waals surface area contributed by atoms with Crippen LogP contribution in [0.3, 0.4) is 0 Å². The zero-order valence-corrected chi connectivity index (χ0v) is 9.87. The molecule has 5 heteroatoms. The Morgan fingerprint density at radius 2 is 1.94 bits per heavy atom. The van der Waals surface area contributed by atoms with E-state index in [4.69, 9.17) is 5.73 Å². The molecule has 1 heterocycles. The molecule has 1 aliphatic rings. The van der Waals surface area contributed by atoms with Crippen LogP contribution in [0.1, 0.15) is 32.6 Å². The number of nitrogens with two attached hydrogens (primary N) is 1. The number of carbonyl (C=O) groups excluding carboxylic acids is 2. The van der Waals surface area contributed by atoms with E-state index in [2.05, 4.69) is 5.32 Å². The SMILES string of the molecule is CC(CC(N)=O)NCC(=O)N1CCCCC1. The van der Waals surface area contributed by atoms with Crippen molar-refractivity contribution < 1.29 is 9.59 Å². The van der Waals surface area contributed by atoms with E-state index in [0.717, 1.165) is 25.9 Å². The van der Waals surface area contributed by atoms with Crippen LogP contribution in [0.5, 0.6) is 0 Å². The second-order valence-electron chi connectivity index (χ2n) is 4.39. The monoisotopic (exact) mass is 227 g/mol. The third-order valence-corrected chi connectivity index (χ3v) is 2.82. The van der Waals surface area contributed by atoms with E-state index >= 15 is 0 Å². The summed E-state index contributed by atoms with van der Waals surface area (Å²) in [6.45, 7) is 3.89. The Labute approximate surface area is 96.4 Å². The fourth-order valence-electron chi connectivity index (χ4n) is 1.89. The van der Waals surface area contributed by atoms with Gasteiger partial charge in [-0.1, -0.05) is 0 Å². The lowest BCUT2D eigenvalue weighted by molar-refractivity contribution is -0.131. The van der Waals surface area contributed by atoms with Crippen LogP contribution in [0.15, 0.2) is 0 Å². The number of rotatable bonds is 5. The van der Waals surface area contributed by atoms with Crippen LogP contribution in [0, 0.1) is 0 Å². The zero-order chi connectivity index (χ0) is 12.0. The number of likely N-dealkylation sites (tertiary alicyclic amines) is 1. The van der Waals surface area contributed by atoms with Crippen molar-refractivity contribution in [2.45, 2.75) is 38.6 Å². The van der Waals surface area contributed by atoms with Gasteiger partial charge in [-0.3, -0.25) is 9.59 Å². The molecule has 0 saturated carbocycles. The van der Waals surface area contributed by atoms with Gasteiger partial charge in [0.2, 0.25) is 11.8 Å². The summed E-state index contributed by atoms with van der Waals surface area (Å²) in [4.78, 5) is 24.3. The minimum absolute atomic E-state index is 0.0359. The first-order chi connectivity index (χ1) is 7.59. The molecule has 92 valence electrons. The van der Waals surface area contributed by atoms with Crippen LogP contribution < -0.4 is 11.1 Å². The lowest BCUT2D eigenvalue weighted by atomic mass is 10.1. The normalized spacial score (nSPS) is 18.2. The maximum absolute atomic E-state index is 11.7. The summed E-state index contributed by atoms with van der Waals surface area (Å²) in [5, 5.41) is 3.02. The lowest BCUT2D eigenvalue weighted by Gasteiger charge is -2.27. The standard InChI is InChI=1S/C11H21N3O2/c1-9(7-10(12)15)13-8-11(16)14-5-3-2-4-6-14/h9,13H,2-8H2,1H3,(H2,12,15). The van der Waals surface area contributed by atoms with Crippen molar-refractivity contribution in [1.82, 2.24) is 10.2 Å². The second kappa shape index (κ2) is 6.48. The fourth-order valence-corrected chi connectivity index (χ4v) is 1.89. The molecule has 0 radical (unpaired) electrons. The van der Waals surface area contributed by atoms with Gasteiger partial charge < -0.3 is 16.0 Å². The van der Waals surface area contributed by atoms with E-state index in [-0.39, 0.29) is 24.3 Å². The Balaban J connectivity index is 2.20. The molecular formula is C11H21N3O2. The zero-order valence-electron chi connectivity index (χ0n) is 9.87. The third kappa shape index (κ3) is 4.61. The van der Waals surface area contributed by atoms with Gasteiger partial charge in [-0.15, -0.1) is 0 Å². The van der Waals surface area contributed by atoms with Gasteiger partial charge in [-0.05, 0) is 26.2 Å². The number of primary amides is 1. The minimum atomic E-state index is -0.342. The number of piperidine rings is 1. The highest BCUT2D eigenvalue weighted by molar-refractivity contribution is 5.78. The first kappa shape index (κ1) is 13.0. The van der Waals surface area contributed by atoms with Crippen LogP contribution in [0.25, 0.3) is 0 Å². The van der Waals surface area contributed by atoms with E-state index in [1.54, 1.807) is 0 Å². The Bertz CT molecular complexity index is 250. The predicted molar refractivity (Wildman–Crippen MR) is 61.7 cm³/mol. The highest BCUT2D eigenvalue weighted by Crippen LogP contribution is 2.08. The molecule has 1 saturated heterocycles. The van der Waals surface area contributed by atoms with Gasteiger partial charge in [-0.2, -0.15) is 0 Å². The van der Waals surface area contributed by atoms with Crippen LogP contribution >= 0.6 is 0 Å². The third-order valence-electron chi connectivity index (χ3n) is 2.82. The van der Waals surface area contributed by atoms with Crippen molar-refractivity contribution in [2.24, 2.45) is 5.73 Å². The van der Waals surface area contributed by atoms with E-state index in [1.165, 1.54) is 6.42 Å². The van der Waals surface area contributed by atoms with E-state index in [9.17, 15) is 9.59 Å². The van der Waals surface area contributed by atoms with Gasteiger partial charge in [-0.25, -0.2) is 0 Å². The summed E-state index contributed by atoms with van der Waals surface area (Å²) < 4.78 is 0. The summed E-state index contributed by atoms with van der Waals surface area (Å²) in [5.41, 5.74) is 5.07. The van der Waals surface area contributed by atoms with E-state index in [1.807, 2.05) is 11.8 Å². The lowest BCUT2D eigenvalue weighted by Crippen LogP contribution is -2.43. The van der Waals surface area contributed by atoms with E-state index in [0.29, 0.717) is 6.54 Å². The molecule has 1 aliphatic heterocycles. The molecular weight excluding hydrogens is 206 g/mol. The van der Waals surface area contributed by atoms with Crippen LogP contribution in [-0.2, 0) is 9.59 Å². The summed E-state index contributed by atoms with van der Waals surface area (Å²) in [6.07, 6.45) is 3.69. The van der Waals surface area contributed by atoms with Crippen molar-refractivity contribution in [2.75, 3.05) is 19.6 Å². The number of nitrogens with zero attached hydrogens (tertiary/aromatic N) is 1. The van der Waals surface area contributed by atoms with Crippen LogP contribution in [-0.4, -0.2) is 42.4 Å². The van der Waals surface area contributed by atoms with Crippen molar-refractivity contribution in [3.05, 3.63) is 0 Å². The molecule has 1 fully saturated rings. The summed E-state index contributed by atoms with van der Waals surface area (Å²) >= 11 is 0. The summed E-state index contributed by atoms with van der Waals surface area (Å²) in [5.74, 6) is -0.221. The first-order valence-electron chi connectivity index (χ1n) is 5.89. The highest BCUT2D eigenvalue weighted by atomic mass is 16.2. The molecule has 16 heavy (non-hydrogen) atoms. The number of carbonyl (C=O) groups is 2. The Hall–Kier alpha value is -1.10. The number of nitrogens with one attached hydrogen (secondary N) is 1. The molecule has 0 aromatic heterocycles. The molecule has 0 aromatic rings. The molecule has 0 aliphatic carbocycles. The average Bonchev–Trinajstić information content (AvgIpc) is 2.26. The highest BCUT2D eigenvalue weighted by Gasteiger charge is 2.16. The van der Waals surface area contributed by atoms with Gasteiger partial charge in [0.25, 0.3) is 0 Å². The van der Waals surface area contributed by atoms with Gasteiger partial charge >= 0.3 is 0 Å². The minimum Gasteiger partial charge on any atom is -0.370 e. The topological polar surface area (TPSA) is 75.4 Å². The fraction of sp³-hybridized carbons (Fsp3) is 0.818. The van der Waals surface area contributed by atoms with Gasteiger partial charge in [0.15, 0.2) is 0 Å². The van der Waals surface area contributed by atoms with E-state index < -0.39 is 0 Å². The predicted octanol–water partition coefficient (Wildman–Crippen LogP) is -0.148. The molecule has 1 unspecified atom stereocenters. The van der Waals surface area contributed by atoms with Crippen molar-refractivity contribution in [1.29, 1.82) is 0 Å². The number of hydrogen-bond acceptors (Lipinski definition) is 3. The van der Waals surface area contributed by atoms with Gasteiger partial charge in [0.1, 0.15) is 0 Å². The van der Waals surface area contributed by atoms with Crippen molar-refractivity contribution in [3.8, 4) is 0 Å². The number of hydrogen-bond donors (Lipinski definition) is 2. The smallest absolute Gasteiger partial charge is 0.236 e. The molecule has 5 nitrogen and oxygen atoms in total. The molecule has 0 spiro atoms. The van der Waals surface area contributed by atoms with Gasteiger partial charge in [0, 0.05) is 25.6 Å². The summed E-state index contributed by atoms with van der Waals surface area (Å²) in [7, 11) is 0. The largest absolute Gasteiger partial charge is 0.370 e. The summed E-state index contributed by atoms with van der Waals surface area (Å²) in [6, 6.07) is -0.0359. The molecule has 0 bridgehead atoms. The Morgan fingerprint density at radius 3 is 2.50 bits per heavy atom.